The van der Waals surface area contributed by atoms with E-state index in [1.807, 2.05) is 22.6 Å². The summed E-state index contributed by atoms with van der Waals surface area (Å²) in [5.41, 5.74) is 1.69. The first-order chi connectivity index (χ1) is 10.1. The molecule has 0 bridgehead atoms. The van der Waals surface area contributed by atoms with Crippen molar-refractivity contribution in [1.82, 2.24) is 14.7 Å². The number of nitrogens with zero attached hydrogens (tertiary/aromatic N) is 3. The number of amides is 1. The number of carbonyl (C=O) groups excluding carboxylic acids is 1. The molecular weight excluding hydrogens is 266 g/mol. The van der Waals surface area contributed by atoms with Crippen LogP contribution < -0.4 is 0 Å². The Kier molecular flexibility index (Phi) is 5.39. The van der Waals surface area contributed by atoms with Gasteiger partial charge in [0.25, 0.3) is 5.91 Å². The van der Waals surface area contributed by atoms with Gasteiger partial charge >= 0.3 is 0 Å². The lowest BCUT2D eigenvalue weighted by Crippen LogP contribution is -2.37. The van der Waals surface area contributed by atoms with Crippen LogP contribution in [0, 0.1) is 5.92 Å². The lowest BCUT2D eigenvalue weighted by Gasteiger charge is -2.24. The zero-order chi connectivity index (χ0) is 15.4. The van der Waals surface area contributed by atoms with Crippen molar-refractivity contribution in [2.75, 3.05) is 13.2 Å². The van der Waals surface area contributed by atoms with Gasteiger partial charge in [-0.2, -0.15) is 5.10 Å². The first-order valence-corrected chi connectivity index (χ1v) is 8.05. The summed E-state index contributed by atoms with van der Waals surface area (Å²) >= 11 is 0. The predicted octanol–water partition coefficient (Wildman–Crippen LogP) is 2.09. The monoisotopic (exact) mass is 293 g/mol. The first-order valence-electron chi connectivity index (χ1n) is 8.05. The molecule has 1 aromatic heterocycles. The van der Waals surface area contributed by atoms with Gasteiger partial charge in [-0.1, -0.05) is 13.8 Å². The van der Waals surface area contributed by atoms with Crippen molar-refractivity contribution in [1.29, 1.82) is 0 Å². The van der Waals surface area contributed by atoms with Gasteiger partial charge in [-0.15, -0.1) is 0 Å². The molecule has 1 N–H and O–H groups in total. The Morgan fingerprint density at radius 1 is 1.52 bits per heavy atom. The van der Waals surface area contributed by atoms with Gasteiger partial charge < -0.3 is 10.0 Å². The Balaban J connectivity index is 2.19. The van der Waals surface area contributed by atoms with E-state index < -0.39 is 0 Å². The van der Waals surface area contributed by atoms with Gasteiger partial charge in [-0.05, 0) is 44.6 Å². The highest BCUT2D eigenvalue weighted by Gasteiger charge is 2.30. The van der Waals surface area contributed by atoms with Crippen molar-refractivity contribution in [3.05, 3.63) is 17.5 Å². The summed E-state index contributed by atoms with van der Waals surface area (Å²) in [7, 11) is 0. The Morgan fingerprint density at radius 2 is 2.29 bits per heavy atom. The molecule has 5 nitrogen and oxygen atoms in total. The molecule has 0 unspecified atom stereocenters. The molecule has 0 saturated carbocycles. The minimum absolute atomic E-state index is 0.0651. The van der Waals surface area contributed by atoms with Crippen LogP contribution in [0.25, 0.3) is 0 Å². The minimum Gasteiger partial charge on any atom is -0.396 e. The summed E-state index contributed by atoms with van der Waals surface area (Å²) in [5, 5.41) is 13.7. The normalized spacial score (nSPS) is 18.7. The molecule has 0 spiro atoms. The Labute approximate surface area is 126 Å². The largest absolute Gasteiger partial charge is 0.396 e. The summed E-state index contributed by atoms with van der Waals surface area (Å²) < 4.78 is 1.81. The summed E-state index contributed by atoms with van der Waals surface area (Å²) in [5.74, 6) is 0.595. The van der Waals surface area contributed by atoms with E-state index in [-0.39, 0.29) is 18.6 Å². The van der Waals surface area contributed by atoms with Crippen molar-refractivity contribution in [2.24, 2.45) is 5.92 Å². The topological polar surface area (TPSA) is 58.4 Å². The van der Waals surface area contributed by atoms with Crippen LogP contribution in [0.15, 0.2) is 6.07 Å². The van der Waals surface area contributed by atoms with Gasteiger partial charge in [0.05, 0.1) is 5.69 Å². The second-order valence-electron chi connectivity index (χ2n) is 6.24. The van der Waals surface area contributed by atoms with Gasteiger partial charge in [-0.3, -0.25) is 9.48 Å². The quantitative estimate of drug-likeness (QED) is 0.873. The number of likely N-dealkylation sites (tertiary alicyclic amines) is 1. The number of aliphatic hydroxyl groups excluding tert-OH is 1. The molecule has 1 aliphatic heterocycles. The van der Waals surface area contributed by atoms with E-state index in [2.05, 4.69) is 18.9 Å². The summed E-state index contributed by atoms with van der Waals surface area (Å²) in [4.78, 5) is 14.7. The Morgan fingerprint density at radius 3 is 2.90 bits per heavy atom. The van der Waals surface area contributed by atoms with Crippen LogP contribution in [0.2, 0.25) is 0 Å². The molecule has 21 heavy (non-hydrogen) atoms. The molecule has 118 valence electrons. The standard InChI is InChI=1S/C16H27N3O2/c1-4-19-15(11-13(17-19)10-12(2)3)16(21)18-8-5-6-14(18)7-9-20/h11-12,14,20H,4-10H2,1-3H3/t14-/m1/s1. The lowest BCUT2D eigenvalue weighted by molar-refractivity contribution is 0.0704. The first kappa shape index (κ1) is 16.0. The maximum absolute atomic E-state index is 12.8. The number of aromatic nitrogens is 2. The molecule has 0 aromatic carbocycles. The van der Waals surface area contributed by atoms with Crippen molar-refractivity contribution in [3.63, 3.8) is 0 Å². The Bertz CT molecular complexity index is 482. The summed E-state index contributed by atoms with van der Waals surface area (Å²) in [6, 6.07) is 2.12. The van der Waals surface area contributed by atoms with E-state index >= 15 is 0 Å². The number of aryl methyl sites for hydroxylation is 1. The maximum Gasteiger partial charge on any atom is 0.272 e. The van der Waals surface area contributed by atoms with E-state index in [4.69, 9.17) is 5.11 Å². The SMILES string of the molecule is CCn1nc(CC(C)C)cc1C(=O)N1CCC[C@@H]1CCO. The van der Waals surface area contributed by atoms with Crippen LogP contribution in [0.3, 0.4) is 0 Å². The van der Waals surface area contributed by atoms with Crippen LogP contribution in [-0.4, -0.2) is 44.9 Å². The van der Waals surface area contributed by atoms with Crippen LogP contribution >= 0.6 is 0 Å². The van der Waals surface area contributed by atoms with Gasteiger partial charge in [0, 0.05) is 25.7 Å². The second-order valence-corrected chi connectivity index (χ2v) is 6.24. The molecule has 1 fully saturated rings. The average molecular weight is 293 g/mol. The van der Waals surface area contributed by atoms with Crippen molar-refractivity contribution >= 4 is 5.91 Å². The van der Waals surface area contributed by atoms with Gasteiger partial charge in [0.15, 0.2) is 0 Å². The van der Waals surface area contributed by atoms with Crippen molar-refractivity contribution in [3.8, 4) is 0 Å². The van der Waals surface area contributed by atoms with Gasteiger partial charge in [0.2, 0.25) is 0 Å². The number of carbonyl (C=O) groups is 1. The molecule has 1 aromatic rings. The van der Waals surface area contributed by atoms with Crippen LogP contribution in [0.1, 0.15) is 56.2 Å². The van der Waals surface area contributed by atoms with Crippen molar-refractivity contribution < 1.29 is 9.90 Å². The fraction of sp³-hybridized carbons (Fsp3) is 0.750. The smallest absolute Gasteiger partial charge is 0.272 e. The molecular formula is C16H27N3O2. The van der Waals surface area contributed by atoms with E-state index in [9.17, 15) is 4.79 Å². The summed E-state index contributed by atoms with van der Waals surface area (Å²) in [6.45, 7) is 7.96. The van der Waals surface area contributed by atoms with Crippen LogP contribution in [0.5, 0.6) is 0 Å². The van der Waals surface area contributed by atoms with E-state index in [0.717, 1.165) is 31.5 Å². The molecule has 1 aliphatic rings. The Hall–Kier alpha value is -1.36. The van der Waals surface area contributed by atoms with E-state index in [1.165, 1.54) is 0 Å². The number of aliphatic hydroxyl groups is 1. The van der Waals surface area contributed by atoms with Crippen LogP contribution in [-0.2, 0) is 13.0 Å². The molecule has 5 heteroatoms. The van der Waals surface area contributed by atoms with E-state index in [0.29, 0.717) is 24.6 Å². The highest BCUT2D eigenvalue weighted by atomic mass is 16.3. The number of hydrogen-bond donors (Lipinski definition) is 1. The minimum atomic E-state index is 0.0651. The van der Waals surface area contributed by atoms with E-state index in [1.54, 1.807) is 0 Å². The third-order valence-corrected chi connectivity index (χ3v) is 4.07. The lowest BCUT2D eigenvalue weighted by atomic mass is 10.1. The molecule has 2 rings (SSSR count). The maximum atomic E-state index is 12.8. The molecule has 0 radical (unpaired) electrons. The van der Waals surface area contributed by atoms with Gasteiger partial charge in [0.1, 0.15) is 5.69 Å². The zero-order valence-electron chi connectivity index (χ0n) is 13.4. The molecule has 1 amide bonds. The van der Waals surface area contributed by atoms with Crippen LogP contribution in [0.4, 0.5) is 0 Å². The van der Waals surface area contributed by atoms with Crippen molar-refractivity contribution in [2.45, 2.75) is 59.0 Å². The molecule has 0 aliphatic carbocycles. The second kappa shape index (κ2) is 7.07. The molecule has 2 heterocycles. The average Bonchev–Trinajstić information content (AvgIpc) is 3.04. The number of hydrogen-bond acceptors (Lipinski definition) is 3. The zero-order valence-corrected chi connectivity index (χ0v) is 13.4. The highest BCUT2D eigenvalue weighted by Crippen LogP contribution is 2.23. The predicted molar refractivity (Wildman–Crippen MR) is 82.2 cm³/mol. The fourth-order valence-electron chi connectivity index (χ4n) is 3.10. The van der Waals surface area contributed by atoms with Gasteiger partial charge in [-0.25, -0.2) is 0 Å². The number of rotatable bonds is 6. The fourth-order valence-corrected chi connectivity index (χ4v) is 3.10. The highest BCUT2D eigenvalue weighted by molar-refractivity contribution is 5.93. The molecule has 1 atom stereocenters. The summed E-state index contributed by atoms with van der Waals surface area (Å²) in [6.07, 6.45) is 3.58. The third-order valence-electron chi connectivity index (χ3n) is 4.07. The third kappa shape index (κ3) is 3.64. The molecule has 1 saturated heterocycles.